The van der Waals surface area contributed by atoms with E-state index < -0.39 is 5.69 Å². The van der Waals surface area contributed by atoms with Gasteiger partial charge in [0, 0.05) is 0 Å². The molecule has 5 heteroatoms. The highest BCUT2D eigenvalue weighted by atomic mass is 16.5. The molecule has 0 aliphatic carbocycles. The minimum absolute atomic E-state index is 0.0916. The van der Waals surface area contributed by atoms with Crippen molar-refractivity contribution in [3.63, 3.8) is 0 Å². The molecule has 1 heterocycles. The molecule has 18 heavy (non-hydrogen) atoms. The molecule has 0 saturated carbocycles. The third-order valence-corrected chi connectivity index (χ3v) is 2.15. The summed E-state index contributed by atoms with van der Waals surface area (Å²) in [7, 11) is 0. The fourth-order valence-electron chi connectivity index (χ4n) is 1.39. The molecule has 0 saturated heterocycles. The van der Waals surface area contributed by atoms with Gasteiger partial charge >= 0.3 is 11.7 Å². The maximum Gasteiger partial charge on any atom is 0.351 e. The Kier molecular flexibility index (Phi) is 3.86. The number of hydrogen-bond acceptors (Lipinski definition) is 4. The topological polar surface area (TPSA) is 67.9 Å². The van der Waals surface area contributed by atoms with E-state index in [2.05, 4.69) is 15.0 Å². The van der Waals surface area contributed by atoms with E-state index in [0.717, 1.165) is 5.56 Å². The lowest BCUT2D eigenvalue weighted by Gasteiger charge is -2.00. The number of hydrogen-bond donors (Lipinski definition) is 1. The number of rotatable bonds is 4. The smallest absolute Gasteiger partial charge is 0.351 e. The van der Waals surface area contributed by atoms with Gasteiger partial charge < -0.3 is 4.74 Å². The Labute approximate surface area is 104 Å². The van der Waals surface area contributed by atoms with Gasteiger partial charge in [0.05, 0.1) is 6.61 Å². The van der Waals surface area contributed by atoms with E-state index in [1.807, 2.05) is 43.3 Å². The molecule has 1 aromatic carbocycles. The van der Waals surface area contributed by atoms with Gasteiger partial charge in [0.2, 0.25) is 0 Å². The number of benzene rings is 1. The first-order valence-electron chi connectivity index (χ1n) is 5.62. The van der Waals surface area contributed by atoms with Gasteiger partial charge in [0.25, 0.3) is 0 Å². The summed E-state index contributed by atoms with van der Waals surface area (Å²) in [6, 6.07) is 9.83. The summed E-state index contributed by atoms with van der Waals surface area (Å²) < 4.78 is 5.10. The summed E-state index contributed by atoms with van der Waals surface area (Å²) in [5.41, 5.74) is 0.552. The quantitative estimate of drug-likeness (QED) is 0.888. The predicted octanol–water partition coefficient (Wildman–Crippen LogP) is 1.73. The van der Waals surface area contributed by atoms with Gasteiger partial charge in [-0.3, -0.25) is 4.98 Å². The fraction of sp³-hybridized carbons (Fsp3) is 0.154. The van der Waals surface area contributed by atoms with Crippen LogP contribution in [0.4, 0.5) is 0 Å². The molecule has 0 radical (unpaired) electrons. The van der Waals surface area contributed by atoms with Crippen LogP contribution in [0.2, 0.25) is 0 Å². The molecule has 0 spiro atoms. The maximum atomic E-state index is 11.3. The predicted molar refractivity (Wildman–Crippen MR) is 69.2 cm³/mol. The fourth-order valence-corrected chi connectivity index (χ4v) is 1.39. The van der Waals surface area contributed by atoms with Crippen molar-refractivity contribution in [2.45, 2.75) is 6.92 Å². The van der Waals surface area contributed by atoms with Crippen LogP contribution in [0.25, 0.3) is 12.2 Å². The molecule has 92 valence electrons. The summed E-state index contributed by atoms with van der Waals surface area (Å²) >= 11 is 0. The molecule has 0 atom stereocenters. The third kappa shape index (κ3) is 3.28. The van der Waals surface area contributed by atoms with Crippen molar-refractivity contribution < 1.29 is 4.74 Å². The Bertz CT molecular complexity index is 591. The van der Waals surface area contributed by atoms with Crippen LogP contribution in [0.3, 0.4) is 0 Å². The number of nitrogens with one attached hydrogen (secondary N) is 1. The Morgan fingerprint density at radius 2 is 2.00 bits per heavy atom. The Hall–Kier alpha value is -2.43. The van der Waals surface area contributed by atoms with Crippen molar-refractivity contribution in [1.82, 2.24) is 15.0 Å². The first kappa shape index (κ1) is 12.0. The van der Waals surface area contributed by atoms with Crippen LogP contribution in [-0.4, -0.2) is 21.6 Å². The highest BCUT2D eigenvalue weighted by Crippen LogP contribution is 2.05. The first-order valence-corrected chi connectivity index (χ1v) is 5.62. The zero-order valence-electron chi connectivity index (χ0n) is 9.96. The van der Waals surface area contributed by atoms with Crippen molar-refractivity contribution in [3.8, 4) is 6.01 Å². The van der Waals surface area contributed by atoms with Crippen LogP contribution >= 0.6 is 0 Å². The number of aromatic nitrogens is 3. The highest BCUT2D eigenvalue weighted by molar-refractivity contribution is 5.66. The average molecular weight is 243 g/mol. The van der Waals surface area contributed by atoms with E-state index in [9.17, 15) is 4.79 Å². The summed E-state index contributed by atoms with van der Waals surface area (Å²) in [4.78, 5) is 21.5. The SMILES string of the molecule is CCOc1nc(C=Cc2ccccc2)[nH]c(=O)n1. The molecule has 0 bridgehead atoms. The van der Waals surface area contributed by atoms with E-state index in [0.29, 0.717) is 12.4 Å². The summed E-state index contributed by atoms with van der Waals surface area (Å²) in [5.74, 6) is 0.419. The van der Waals surface area contributed by atoms with Gasteiger partial charge in [-0.2, -0.15) is 4.98 Å². The summed E-state index contributed by atoms with van der Waals surface area (Å²) in [6.07, 6.45) is 3.56. The van der Waals surface area contributed by atoms with Gasteiger partial charge in [-0.05, 0) is 18.6 Å². The Morgan fingerprint density at radius 1 is 1.22 bits per heavy atom. The van der Waals surface area contributed by atoms with E-state index in [-0.39, 0.29) is 6.01 Å². The van der Waals surface area contributed by atoms with Crippen LogP contribution in [0.5, 0.6) is 6.01 Å². The average Bonchev–Trinajstić information content (AvgIpc) is 2.37. The molecule has 1 N–H and O–H groups in total. The van der Waals surface area contributed by atoms with Crippen LogP contribution in [-0.2, 0) is 0 Å². The van der Waals surface area contributed by atoms with E-state index in [4.69, 9.17) is 4.74 Å². The standard InChI is InChI=1S/C13H13N3O2/c1-2-18-13-15-11(14-12(17)16-13)9-8-10-6-4-3-5-7-10/h3-9H,2H2,1H3,(H,14,15,16,17). The third-order valence-electron chi connectivity index (χ3n) is 2.15. The lowest BCUT2D eigenvalue weighted by atomic mass is 10.2. The summed E-state index contributed by atoms with van der Waals surface area (Å²) in [5, 5.41) is 0. The number of nitrogens with zero attached hydrogens (tertiary/aromatic N) is 2. The van der Waals surface area contributed by atoms with Crippen molar-refractivity contribution in [2.24, 2.45) is 0 Å². The zero-order chi connectivity index (χ0) is 12.8. The van der Waals surface area contributed by atoms with Crippen LogP contribution in [0.1, 0.15) is 18.3 Å². The summed E-state index contributed by atoms with van der Waals surface area (Å²) in [6.45, 7) is 2.23. The second-order valence-electron chi connectivity index (χ2n) is 3.50. The van der Waals surface area contributed by atoms with Crippen LogP contribution < -0.4 is 10.4 Å². The molecule has 0 aliphatic rings. The first-order chi connectivity index (χ1) is 8.78. The number of H-pyrrole nitrogens is 1. The van der Waals surface area contributed by atoms with Gasteiger partial charge in [0.1, 0.15) is 5.82 Å². The molecule has 1 aromatic heterocycles. The van der Waals surface area contributed by atoms with E-state index in [1.165, 1.54) is 0 Å². The maximum absolute atomic E-state index is 11.3. The monoisotopic (exact) mass is 243 g/mol. The van der Waals surface area contributed by atoms with Crippen LogP contribution in [0, 0.1) is 0 Å². The highest BCUT2D eigenvalue weighted by Gasteiger charge is 2.00. The molecule has 0 unspecified atom stereocenters. The van der Waals surface area contributed by atoms with Crippen molar-refractivity contribution in [2.75, 3.05) is 6.61 Å². The van der Waals surface area contributed by atoms with Crippen molar-refractivity contribution >= 4 is 12.2 Å². The molecular weight excluding hydrogens is 230 g/mol. The Balaban J connectivity index is 2.24. The lowest BCUT2D eigenvalue weighted by molar-refractivity contribution is 0.309. The van der Waals surface area contributed by atoms with E-state index >= 15 is 0 Å². The minimum atomic E-state index is -0.471. The number of ether oxygens (including phenoxy) is 1. The second-order valence-corrected chi connectivity index (χ2v) is 3.50. The van der Waals surface area contributed by atoms with Crippen molar-refractivity contribution in [1.29, 1.82) is 0 Å². The minimum Gasteiger partial charge on any atom is -0.464 e. The largest absolute Gasteiger partial charge is 0.464 e. The molecule has 2 rings (SSSR count). The van der Waals surface area contributed by atoms with Gasteiger partial charge in [-0.15, -0.1) is 4.98 Å². The van der Waals surface area contributed by atoms with Gasteiger partial charge in [-0.1, -0.05) is 36.4 Å². The van der Waals surface area contributed by atoms with Crippen LogP contribution in [0.15, 0.2) is 35.1 Å². The lowest BCUT2D eigenvalue weighted by Crippen LogP contribution is -2.15. The molecule has 0 amide bonds. The van der Waals surface area contributed by atoms with Crippen molar-refractivity contribution in [3.05, 3.63) is 52.2 Å². The molecular formula is C13H13N3O2. The number of aromatic amines is 1. The Morgan fingerprint density at radius 3 is 2.72 bits per heavy atom. The molecule has 0 aliphatic heterocycles. The van der Waals surface area contributed by atoms with E-state index in [1.54, 1.807) is 6.08 Å². The molecule has 2 aromatic rings. The second kappa shape index (κ2) is 5.77. The molecule has 5 nitrogen and oxygen atoms in total. The molecule has 0 fully saturated rings. The van der Waals surface area contributed by atoms with Gasteiger partial charge in [-0.25, -0.2) is 4.79 Å². The van der Waals surface area contributed by atoms with Gasteiger partial charge in [0.15, 0.2) is 0 Å². The normalized spacial score (nSPS) is 10.7. The zero-order valence-corrected chi connectivity index (χ0v) is 9.96.